The largest absolute Gasteiger partial charge is 0.250 e. The first kappa shape index (κ1) is 11.9. The van der Waals surface area contributed by atoms with Crippen molar-refractivity contribution in [2.24, 2.45) is 11.3 Å². The summed E-state index contributed by atoms with van der Waals surface area (Å²) in [7, 11) is 0. The molecular formula is C11H23F. The van der Waals surface area contributed by atoms with E-state index in [4.69, 9.17) is 0 Å². The fourth-order valence-corrected chi connectivity index (χ4v) is 1.99. The first-order valence-electron chi connectivity index (χ1n) is 5.19. The van der Waals surface area contributed by atoms with Crippen LogP contribution in [0.4, 0.5) is 4.39 Å². The van der Waals surface area contributed by atoms with Crippen LogP contribution in [0.25, 0.3) is 0 Å². The zero-order valence-electron chi connectivity index (χ0n) is 8.99. The maximum atomic E-state index is 12.9. The highest BCUT2D eigenvalue weighted by Crippen LogP contribution is 2.38. The van der Waals surface area contributed by atoms with Gasteiger partial charge in [0.25, 0.3) is 0 Å². The Morgan fingerprint density at radius 2 is 1.50 bits per heavy atom. The predicted molar refractivity (Wildman–Crippen MR) is 53.1 cm³/mol. The quantitative estimate of drug-likeness (QED) is 0.566. The van der Waals surface area contributed by atoms with Crippen molar-refractivity contribution < 1.29 is 4.39 Å². The second-order valence-corrected chi connectivity index (χ2v) is 4.15. The van der Waals surface area contributed by atoms with Crippen molar-refractivity contribution in [3.8, 4) is 0 Å². The summed E-state index contributed by atoms with van der Waals surface area (Å²) >= 11 is 0. The lowest BCUT2D eigenvalue weighted by Gasteiger charge is -2.34. The van der Waals surface area contributed by atoms with Gasteiger partial charge in [-0.25, -0.2) is 0 Å². The summed E-state index contributed by atoms with van der Waals surface area (Å²) in [5.41, 5.74) is -0.0243. The summed E-state index contributed by atoms with van der Waals surface area (Å²) in [5, 5.41) is 0. The first-order valence-corrected chi connectivity index (χ1v) is 5.19. The van der Waals surface area contributed by atoms with Gasteiger partial charge >= 0.3 is 0 Å². The molecule has 0 aromatic rings. The van der Waals surface area contributed by atoms with Crippen LogP contribution in [-0.4, -0.2) is 6.67 Å². The molecule has 12 heavy (non-hydrogen) atoms. The average Bonchev–Trinajstić information content (AvgIpc) is 2.03. The lowest BCUT2D eigenvalue weighted by molar-refractivity contribution is 0.105. The van der Waals surface area contributed by atoms with Gasteiger partial charge in [0.15, 0.2) is 0 Å². The minimum absolute atomic E-state index is 0.0243. The molecule has 0 N–H and O–H groups in total. The molecule has 74 valence electrons. The Labute approximate surface area is 76.6 Å². The maximum Gasteiger partial charge on any atom is 0.0953 e. The number of hydrogen-bond donors (Lipinski definition) is 0. The van der Waals surface area contributed by atoms with Crippen molar-refractivity contribution in [2.45, 2.75) is 53.4 Å². The molecule has 1 heteroatoms. The van der Waals surface area contributed by atoms with E-state index >= 15 is 0 Å². The Morgan fingerprint density at radius 1 is 1.08 bits per heavy atom. The molecule has 0 aliphatic heterocycles. The molecule has 0 atom stereocenters. The monoisotopic (exact) mass is 174 g/mol. The zero-order valence-corrected chi connectivity index (χ0v) is 8.99. The first-order chi connectivity index (χ1) is 5.63. The summed E-state index contributed by atoms with van der Waals surface area (Å²) in [5.74, 6) is 0.474. The van der Waals surface area contributed by atoms with Crippen LogP contribution in [0.15, 0.2) is 0 Å². The van der Waals surface area contributed by atoms with E-state index in [0.717, 1.165) is 25.7 Å². The van der Waals surface area contributed by atoms with Crippen LogP contribution in [0, 0.1) is 11.3 Å². The Morgan fingerprint density at radius 3 is 1.67 bits per heavy atom. The van der Waals surface area contributed by atoms with Gasteiger partial charge in [-0.15, -0.1) is 0 Å². The highest BCUT2D eigenvalue weighted by Gasteiger charge is 2.31. The van der Waals surface area contributed by atoms with E-state index < -0.39 is 0 Å². The van der Waals surface area contributed by atoms with Gasteiger partial charge in [-0.05, 0) is 18.8 Å². The lowest BCUT2D eigenvalue weighted by Crippen LogP contribution is -2.29. The molecule has 0 aromatic heterocycles. The van der Waals surface area contributed by atoms with E-state index in [2.05, 4.69) is 27.7 Å². The summed E-state index contributed by atoms with van der Waals surface area (Å²) in [6, 6.07) is 0. The Balaban J connectivity index is 4.28. The summed E-state index contributed by atoms with van der Waals surface area (Å²) < 4.78 is 12.9. The minimum atomic E-state index is -0.146. The smallest absolute Gasteiger partial charge is 0.0953 e. The lowest BCUT2D eigenvalue weighted by atomic mass is 9.72. The Kier molecular flexibility index (Phi) is 5.52. The van der Waals surface area contributed by atoms with E-state index in [1.165, 1.54) is 0 Å². The molecule has 0 saturated carbocycles. The van der Waals surface area contributed by atoms with Crippen LogP contribution in [0.2, 0.25) is 0 Å². The standard InChI is InChI=1S/C11H23F/c1-5-7-11(9-12,8-6-2)10(3)4/h10H,5-9H2,1-4H3. The zero-order chi connectivity index (χ0) is 9.61. The van der Waals surface area contributed by atoms with Crippen molar-refractivity contribution >= 4 is 0 Å². The Hall–Kier alpha value is -0.0700. The molecule has 0 aromatic carbocycles. The van der Waals surface area contributed by atoms with Crippen LogP contribution >= 0.6 is 0 Å². The van der Waals surface area contributed by atoms with Crippen LogP contribution in [0.5, 0.6) is 0 Å². The second kappa shape index (κ2) is 5.55. The molecule has 0 rings (SSSR count). The molecule has 0 unspecified atom stereocenters. The van der Waals surface area contributed by atoms with Gasteiger partial charge in [0.1, 0.15) is 0 Å². The van der Waals surface area contributed by atoms with Gasteiger partial charge in [-0.2, -0.15) is 0 Å². The number of hydrogen-bond acceptors (Lipinski definition) is 0. The third kappa shape index (κ3) is 2.76. The van der Waals surface area contributed by atoms with Crippen LogP contribution < -0.4 is 0 Å². The molecule has 0 nitrogen and oxygen atoms in total. The third-order valence-electron chi connectivity index (χ3n) is 2.99. The van der Waals surface area contributed by atoms with E-state index in [9.17, 15) is 4.39 Å². The van der Waals surface area contributed by atoms with Crippen molar-refractivity contribution in [3.05, 3.63) is 0 Å². The van der Waals surface area contributed by atoms with Gasteiger partial charge in [0.05, 0.1) is 6.67 Å². The topological polar surface area (TPSA) is 0 Å². The highest BCUT2D eigenvalue weighted by molar-refractivity contribution is 4.81. The molecule has 0 spiro atoms. The molecule has 0 saturated heterocycles. The van der Waals surface area contributed by atoms with Gasteiger partial charge in [0.2, 0.25) is 0 Å². The van der Waals surface area contributed by atoms with Gasteiger partial charge in [0, 0.05) is 5.41 Å². The normalized spacial score (nSPS) is 12.5. The molecular weight excluding hydrogens is 151 g/mol. The van der Waals surface area contributed by atoms with Crippen molar-refractivity contribution in [1.29, 1.82) is 0 Å². The molecule has 0 heterocycles. The van der Waals surface area contributed by atoms with E-state index in [1.54, 1.807) is 0 Å². The van der Waals surface area contributed by atoms with Crippen LogP contribution in [0.1, 0.15) is 53.4 Å². The van der Waals surface area contributed by atoms with Crippen molar-refractivity contribution in [3.63, 3.8) is 0 Å². The fourth-order valence-electron chi connectivity index (χ4n) is 1.99. The van der Waals surface area contributed by atoms with Crippen molar-refractivity contribution in [1.82, 2.24) is 0 Å². The second-order valence-electron chi connectivity index (χ2n) is 4.15. The van der Waals surface area contributed by atoms with E-state index in [-0.39, 0.29) is 12.1 Å². The number of halogens is 1. The van der Waals surface area contributed by atoms with Gasteiger partial charge in [-0.1, -0.05) is 40.5 Å². The third-order valence-corrected chi connectivity index (χ3v) is 2.99. The minimum Gasteiger partial charge on any atom is -0.250 e. The SMILES string of the molecule is CCCC(CF)(CCC)C(C)C. The molecule has 0 amide bonds. The van der Waals surface area contributed by atoms with Crippen LogP contribution in [-0.2, 0) is 0 Å². The van der Waals surface area contributed by atoms with E-state index in [0.29, 0.717) is 5.92 Å². The van der Waals surface area contributed by atoms with Gasteiger partial charge in [-0.3, -0.25) is 4.39 Å². The van der Waals surface area contributed by atoms with Gasteiger partial charge < -0.3 is 0 Å². The summed E-state index contributed by atoms with van der Waals surface area (Å²) in [6.07, 6.45) is 4.27. The fraction of sp³-hybridized carbons (Fsp3) is 1.00. The molecule has 0 bridgehead atoms. The van der Waals surface area contributed by atoms with Crippen molar-refractivity contribution in [2.75, 3.05) is 6.67 Å². The van der Waals surface area contributed by atoms with Crippen LogP contribution in [0.3, 0.4) is 0 Å². The Bertz CT molecular complexity index is 102. The molecule has 0 radical (unpaired) electrons. The van der Waals surface area contributed by atoms with E-state index in [1.807, 2.05) is 0 Å². The maximum absolute atomic E-state index is 12.9. The highest BCUT2D eigenvalue weighted by atomic mass is 19.1. The molecule has 0 aliphatic carbocycles. The molecule has 0 aliphatic rings. The number of rotatable bonds is 6. The number of alkyl halides is 1. The predicted octanol–water partition coefficient (Wildman–Crippen LogP) is 4.20. The summed E-state index contributed by atoms with van der Waals surface area (Å²) in [6.45, 7) is 8.42. The summed E-state index contributed by atoms with van der Waals surface area (Å²) in [4.78, 5) is 0. The average molecular weight is 174 g/mol. The molecule has 0 fully saturated rings.